The van der Waals surface area contributed by atoms with Crippen LogP contribution >= 0.6 is 0 Å². The highest BCUT2D eigenvalue weighted by atomic mass is 14.8. The summed E-state index contributed by atoms with van der Waals surface area (Å²) in [5.74, 6) is 0. The monoisotopic (exact) mass is 161 g/mol. The largest absolute Gasteiger partial charge is 0.324 e. The zero-order valence-electron chi connectivity index (χ0n) is 7.91. The Bertz CT molecular complexity index is 347. The summed E-state index contributed by atoms with van der Waals surface area (Å²) in [6.07, 6.45) is 4.13. The normalized spacial score (nSPS) is 9.25. The van der Waals surface area contributed by atoms with Crippen LogP contribution in [0.1, 0.15) is 19.4 Å². The Kier molecular flexibility index (Phi) is 2.92. The number of pyridine rings is 1. The van der Waals surface area contributed by atoms with Crippen molar-refractivity contribution in [3.05, 3.63) is 42.2 Å². The summed E-state index contributed by atoms with van der Waals surface area (Å²) in [7, 11) is 0. The van der Waals surface area contributed by atoms with E-state index in [2.05, 4.69) is 41.9 Å². The molecule has 2 rings (SSSR count). The van der Waals surface area contributed by atoms with Gasteiger partial charge in [0.1, 0.15) is 0 Å². The van der Waals surface area contributed by atoms with E-state index in [1.807, 2.05) is 19.9 Å². The van der Waals surface area contributed by atoms with E-state index in [0.717, 1.165) is 0 Å². The van der Waals surface area contributed by atoms with Gasteiger partial charge in [0.15, 0.2) is 0 Å². The fourth-order valence-corrected chi connectivity index (χ4v) is 1.20. The number of aryl methyl sites for hydroxylation is 1. The van der Waals surface area contributed by atoms with E-state index in [1.165, 1.54) is 11.1 Å². The number of nitrogens with zero attached hydrogens (tertiary/aromatic N) is 1. The van der Waals surface area contributed by atoms with Crippen LogP contribution in [0.4, 0.5) is 0 Å². The van der Waals surface area contributed by atoms with E-state index in [1.54, 1.807) is 0 Å². The van der Waals surface area contributed by atoms with Crippen LogP contribution in [0.3, 0.4) is 0 Å². The fraction of sp³-hybridized carbons (Fsp3) is 0.273. The second kappa shape index (κ2) is 3.96. The summed E-state index contributed by atoms with van der Waals surface area (Å²) in [5, 5.41) is 0. The summed E-state index contributed by atoms with van der Waals surface area (Å²) in [5.41, 5.74) is 2.63. The standard InChI is InChI=1S/C9H9N.C2H6/c1-8-5-7-10-6-3-2-4-9(8)10;1-2/h2-7H,1H3;1-2H3. The van der Waals surface area contributed by atoms with Gasteiger partial charge < -0.3 is 4.40 Å². The molecule has 1 heteroatoms. The van der Waals surface area contributed by atoms with Gasteiger partial charge in [0, 0.05) is 17.9 Å². The van der Waals surface area contributed by atoms with Crippen molar-refractivity contribution >= 4 is 5.52 Å². The fourth-order valence-electron chi connectivity index (χ4n) is 1.20. The number of hydrogen-bond donors (Lipinski definition) is 0. The topological polar surface area (TPSA) is 4.41 Å². The van der Waals surface area contributed by atoms with Crippen molar-refractivity contribution in [3.63, 3.8) is 0 Å². The first-order valence-electron chi connectivity index (χ1n) is 4.40. The van der Waals surface area contributed by atoms with Crippen LogP contribution < -0.4 is 0 Å². The van der Waals surface area contributed by atoms with Crippen LogP contribution in [0, 0.1) is 6.92 Å². The average molecular weight is 161 g/mol. The quantitative estimate of drug-likeness (QED) is 0.558. The molecule has 0 aromatic carbocycles. The van der Waals surface area contributed by atoms with Crippen molar-refractivity contribution in [2.45, 2.75) is 20.8 Å². The van der Waals surface area contributed by atoms with Crippen LogP contribution in [0.25, 0.3) is 5.52 Å². The zero-order valence-corrected chi connectivity index (χ0v) is 7.91. The van der Waals surface area contributed by atoms with Crippen molar-refractivity contribution in [2.75, 3.05) is 0 Å². The maximum atomic E-state index is 2.12. The first-order chi connectivity index (χ1) is 5.88. The molecule has 0 saturated heterocycles. The van der Waals surface area contributed by atoms with Crippen molar-refractivity contribution in [1.82, 2.24) is 4.40 Å². The van der Waals surface area contributed by atoms with Crippen LogP contribution in [-0.4, -0.2) is 4.40 Å². The molecular weight excluding hydrogens is 146 g/mol. The van der Waals surface area contributed by atoms with Gasteiger partial charge >= 0.3 is 0 Å². The Balaban J connectivity index is 0.000000336. The lowest BCUT2D eigenvalue weighted by Gasteiger charge is -1.91. The molecule has 0 radical (unpaired) electrons. The van der Waals surface area contributed by atoms with Crippen LogP contribution in [-0.2, 0) is 0 Å². The van der Waals surface area contributed by atoms with E-state index >= 15 is 0 Å². The molecule has 2 heterocycles. The highest BCUT2D eigenvalue weighted by molar-refractivity contribution is 5.54. The van der Waals surface area contributed by atoms with E-state index < -0.39 is 0 Å². The SMILES string of the molecule is CC.Cc1ccn2ccccc12. The van der Waals surface area contributed by atoms with Gasteiger partial charge in [-0.1, -0.05) is 19.9 Å². The second-order valence-electron chi connectivity index (χ2n) is 2.49. The molecule has 2 aromatic rings. The maximum Gasteiger partial charge on any atom is 0.0479 e. The molecule has 0 aliphatic rings. The van der Waals surface area contributed by atoms with E-state index in [9.17, 15) is 0 Å². The molecular formula is C11H15N. The number of hydrogen-bond acceptors (Lipinski definition) is 0. The Morgan fingerprint density at radius 3 is 2.42 bits per heavy atom. The summed E-state index contributed by atoms with van der Waals surface area (Å²) < 4.78 is 2.12. The molecule has 64 valence electrons. The molecule has 0 bridgehead atoms. The third-order valence-corrected chi connectivity index (χ3v) is 1.78. The van der Waals surface area contributed by atoms with Crippen molar-refractivity contribution in [2.24, 2.45) is 0 Å². The highest BCUT2D eigenvalue weighted by Gasteiger charge is 1.92. The first-order valence-corrected chi connectivity index (χ1v) is 4.40. The minimum atomic E-state index is 1.29. The van der Waals surface area contributed by atoms with E-state index in [4.69, 9.17) is 0 Å². The average Bonchev–Trinajstić information content (AvgIpc) is 2.53. The zero-order chi connectivity index (χ0) is 8.97. The molecule has 0 aliphatic carbocycles. The lowest BCUT2D eigenvalue weighted by atomic mass is 10.3. The van der Waals surface area contributed by atoms with Gasteiger partial charge in [0.05, 0.1) is 0 Å². The molecule has 0 N–H and O–H groups in total. The van der Waals surface area contributed by atoms with Gasteiger partial charge in [-0.25, -0.2) is 0 Å². The van der Waals surface area contributed by atoms with Crippen LogP contribution in [0.2, 0.25) is 0 Å². The molecule has 2 aromatic heterocycles. The van der Waals surface area contributed by atoms with Crippen LogP contribution in [0.5, 0.6) is 0 Å². The number of rotatable bonds is 0. The maximum absolute atomic E-state index is 2.12. The minimum Gasteiger partial charge on any atom is -0.324 e. The first kappa shape index (κ1) is 8.85. The molecule has 0 aliphatic heterocycles. The van der Waals surface area contributed by atoms with Crippen molar-refractivity contribution < 1.29 is 0 Å². The smallest absolute Gasteiger partial charge is 0.0479 e. The molecule has 0 spiro atoms. The van der Waals surface area contributed by atoms with Crippen molar-refractivity contribution in [3.8, 4) is 0 Å². The number of fused-ring (bicyclic) bond motifs is 1. The summed E-state index contributed by atoms with van der Waals surface area (Å²) >= 11 is 0. The lowest BCUT2D eigenvalue weighted by molar-refractivity contribution is 1.20. The van der Waals surface area contributed by atoms with Gasteiger partial charge in [-0.3, -0.25) is 0 Å². The predicted octanol–water partition coefficient (Wildman–Crippen LogP) is 3.27. The Morgan fingerprint density at radius 2 is 1.75 bits per heavy atom. The van der Waals surface area contributed by atoms with Gasteiger partial charge in [-0.05, 0) is 30.7 Å². The third kappa shape index (κ3) is 1.50. The van der Waals surface area contributed by atoms with Gasteiger partial charge in [0.2, 0.25) is 0 Å². The Labute approximate surface area is 73.7 Å². The molecule has 0 unspecified atom stereocenters. The van der Waals surface area contributed by atoms with Gasteiger partial charge in [0.25, 0.3) is 0 Å². The summed E-state index contributed by atoms with van der Waals surface area (Å²) in [6, 6.07) is 8.33. The Morgan fingerprint density at radius 1 is 1.00 bits per heavy atom. The molecule has 0 amide bonds. The predicted molar refractivity (Wildman–Crippen MR) is 53.5 cm³/mol. The Hall–Kier alpha value is -1.24. The molecule has 12 heavy (non-hydrogen) atoms. The van der Waals surface area contributed by atoms with Gasteiger partial charge in [-0.15, -0.1) is 0 Å². The van der Waals surface area contributed by atoms with Crippen molar-refractivity contribution in [1.29, 1.82) is 0 Å². The highest BCUT2D eigenvalue weighted by Crippen LogP contribution is 2.09. The molecule has 1 nitrogen and oxygen atoms in total. The van der Waals surface area contributed by atoms with Gasteiger partial charge in [-0.2, -0.15) is 0 Å². The molecule has 0 atom stereocenters. The minimum absolute atomic E-state index is 1.29. The van der Waals surface area contributed by atoms with E-state index in [-0.39, 0.29) is 0 Å². The number of aromatic nitrogens is 1. The molecule has 0 fully saturated rings. The second-order valence-corrected chi connectivity index (χ2v) is 2.49. The molecule has 0 saturated carbocycles. The lowest BCUT2D eigenvalue weighted by Crippen LogP contribution is -1.78. The summed E-state index contributed by atoms with van der Waals surface area (Å²) in [4.78, 5) is 0. The third-order valence-electron chi connectivity index (χ3n) is 1.78. The summed E-state index contributed by atoms with van der Waals surface area (Å²) in [6.45, 7) is 6.12. The van der Waals surface area contributed by atoms with Crippen LogP contribution in [0.15, 0.2) is 36.7 Å². The van der Waals surface area contributed by atoms with E-state index in [0.29, 0.717) is 0 Å².